The second-order valence-electron chi connectivity index (χ2n) is 7.67. The summed E-state index contributed by atoms with van der Waals surface area (Å²) >= 11 is 6.02. The molecule has 1 saturated carbocycles. The minimum atomic E-state index is -0.688. The third-order valence-corrected chi connectivity index (χ3v) is 4.30. The smallest absolute Gasteiger partial charge is 0.408 e. The number of hydrogen-bond donors (Lipinski definition) is 3. The van der Waals surface area contributed by atoms with E-state index in [1.807, 2.05) is 6.92 Å². The largest absolute Gasteiger partial charge is 0.444 e. The number of benzene rings is 1. The Balaban J connectivity index is 1.98. The molecule has 6 nitrogen and oxygen atoms in total. The van der Waals surface area contributed by atoms with E-state index in [2.05, 4.69) is 16.0 Å². The Morgan fingerprint density at radius 1 is 1.31 bits per heavy atom. The SMILES string of the molecule is Cc1cc(NC(=O)[C@H](CCNC2CC2)NC(=O)OC(C)(C)C)ccc1Cl. The summed E-state index contributed by atoms with van der Waals surface area (Å²) in [5.41, 5.74) is 0.893. The molecule has 0 spiro atoms. The lowest BCUT2D eigenvalue weighted by molar-refractivity contribution is -0.118. The van der Waals surface area contributed by atoms with Gasteiger partial charge in [-0.1, -0.05) is 11.6 Å². The zero-order valence-corrected chi connectivity index (χ0v) is 16.6. The van der Waals surface area contributed by atoms with Crippen LogP contribution in [0.25, 0.3) is 0 Å². The average molecular weight is 382 g/mol. The van der Waals surface area contributed by atoms with Gasteiger partial charge in [-0.15, -0.1) is 0 Å². The van der Waals surface area contributed by atoms with Gasteiger partial charge in [-0.3, -0.25) is 4.79 Å². The molecule has 26 heavy (non-hydrogen) atoms. The molecule has 0 saturated heterocycles. The van der Waals surface area contributed by atoms with Gasteiger partial charge in [-0.2, -0.15) is 0 Å². The highest BCUT2D eigenvalue weighted by molar-refractivity contribution is 6.31. The molecular formula is C19H28ClN3O3. The summed E-state index contributed by atoms with van der Waals surface area (Å²) < 4.78 is 5.28. The minimum Gasteiger partial charge on any atom is -0.444 e. The minimum absolute atomic E-state index is 0.282. The van der Waals surface area contributed by atoms with Gasteiger partial charge in [0.1, 0.15) is 11.6 Å². The highest BCUT2D eigenvalue weighted by Crippen LogP contribution is 2.20. The topological polar surface area (TPSA) is 79.5 Å². The number of ether oxygens (including phenoxy) is 1. The monoisotopic (exact) mass is 381 g/mol. The van der Waals surface area contributed by atoms with Crippen LogP contribution in [-0.4, -0.2) is 36.2 Å². The standard InChI is InChI=1S/C19H28ClN3O3/c1-12-11-14(7-8-15(12)20)22-17(24)16(9-10-21-13-5-6-13)23-18(25)26-19(2,3)4/h7-8,11,13,16,21H,5-6,9-10H2,1-4H3,(H,22,24)(H,23,25)/t16-/m0/s1. The maximum absolute atomic E-state index is 12.7. The molecule has 1 atom stereocenters. The Morgan fingerprint density at radius 3 is 2.58 bits per heavy atom. The normalized spacial score (nSPS) is 15.3. The van der Waals surface area contributed by atoms with Crippen LogP contribution in [0.15, 0.2) is 18.2 Å². The fourth-order valence-electron chi connectivity index (χ4n) is 2.39. The third kappa shape index (κ3) is 7.22. The first kappa shape index (κ1) is 20.5. The second-order valence-corrected chi connectivity index (χ2v) is 8.08. The van der Waals surface area contributed by atoms with Crippen LogP contribution >= 0.6 is 11.6 Å². The molecule has 7 heteroatoms. The molecule has 144 valence electrons. The van der Waals surface area contributed by atoms with Crippen molar-refractivity contribution in [2.75, 3.05) is 11.9 Å². The lowest BCUT2D eigenvalue weighted by atomic mass is 10.1. The van der Waals surface area contributed by atoms with Crippen molar-refractivity contribution < 1.29 is 14.3 Å². The van der Waals surface area contributed by atoms with Gasteiger partial charge in [0.2, 0.25) is 5.91 Å². The van der Waals surface area contributed by atoms with E-state index < -0.39 is 17.7 Å². The molecular weight excluding hydrogens is 354 g/mol. The van der Waals surface area contributed by atoms with E-state index in [0.29, 0.717) is 29.7 Å². The van der Waals surface area contributed by atoms with Crippen molar-refractivity contribution in [1.82, 2.24) is 10.6 Å². The number of carbonyl (C=O) groups is 2. The molecule has 2 rings (SSSR count). The van der Waals surface area contributed by atoms with Crippen molar-refractivity contribution in [2.45, 2.75) is 64.6 Å². The zero-order chi connectivity index (χ0) is 19.3. The summed E-state index contributed by atoms with van der Waals surface area (Å²) in [6.07, 6.45) is 2.21. The quantitative estimate of drug-likeness (QED) is 0.673. The summed E-state index contributed by atoms with van der Waals surface area (Å²) in [5, 5.41) is 9.50. The average Bonchev–Trinajstić information content (AvgIpc) is 3.32. The summed E-state index contributed by atoms with van der Waals surface area (Å²) in [5.74, 6) is -0.282. The van der Waals surface area contributed by atoms with E-state index in [1.54, 1.807) is 39.0 Å². The predicted molar refractivity (Wildman–Crippen MR) is 104 cm³/mol. The van der Waals surface area contributed by atoms with Gasteiger partial charge < -0.3 is 20.7 Å². The Morgan fingerprint density at radius 2 is 2.00 bits per heavy atom. The summed E-state index contributed by atoms with van der Waals surface area (Å²) in [6.45, 7) is 7.87. The van der Waals surface area contributed by atoms with Crippen LogP contribution in [-0.2, 0) is 9.53 Å². The highest BCUT2D eigenvalue weighted by Gasteiger charge is 2.26. The van der Waals surface area contributed by atoms with Crippen LogP contribution in [0.5, 0.6) is 0 Å². The molecule has 3 N–H and O–H groups in total. The molecule has 2 amide bonds. The fraction of sp³-hybridized carbons (Fsp3) is 0.579. The lowest BCUT2D eigenvalue weighted by Gasteiger charge is -2.23. The van der Waals surface area contributed by atoms with Gasteiger partial charge in [-0.25, -0.2) is 4.79 Å². The zero-order valence-electron chi connectivity index (χ0n) is 15.8. The van der Waals surface area contributed by atoms with Crippen LogP contribution in [0.2, 0.25) is 5.02 Å². The van der Waals surface area contributed by atoms with Crippen molar-refractivity contribution in [3.05, 3.63) is 28.8 Å². The van der Waals surface area contributed by atoms with E-state index in [4.69, 9.17) is 16.3 Å². The van der Waals surface area contributed by atoms with Crippen LogP contribution < -0.4 is 16.0 Å². The van der Waals surface area contributed by atoms with E-state index >= 15 is 0 Å². The first-order valence-corrected chi connectivity index (χ1v) is 9.32. The molecule has 1 aliphatic carbocycles. The predicted octanol–water partition coefficient (Wildman–Crippen LogP) is 3.62. The number of alkyl carbamates (subject to hydrolysis) is 1. The molecule has 0 unspecified atom stereocenters. The van der Waals surface area contributed by atoms with Crippen molar-refractivity contribution in [3.63, 3.8) is 0 Å². The number of amides is 2. The number of halogens is 1. The molecule has 1 aromatic carbocycles. The van der Waals surface area contributed by atoms with Crippen LogP contribution in [0.1, 0.15) is 45.6 Å². The molecule has 0 radical (unpaired) electrons. The third-order valence-electron chi connectivity index (χ3n) is 3.88. The van der Waals surface area contributed by atoms with Crippen molar-refractivity contribution in [2.24, 2.45) is 0 Å². The van der Waals surface area contributed by atoms with Gasteiger partial charge >= 0.3 is 6.09 Å². The Labute approximate surface area is 160 Å². The number of hydrogen-bond acceptors (Lipinski definition) is 4. The summed E-state index contributed by atoms with van der Waals surface area (Å²) in [6, 6.07) is 5.12. The maximum Gasteiger partial charge on any atom is 0.408 e. The van der Waals surface area contributed by atoms with E-state index in [0.717, 1.165) is 5.56 Å². The van der Waals surface area contributed by atoms with Gasteiger partial charge in [-0.05, 0) is 77.3 Å². The maximum atomic E-state index is 12.7. The first-order chi connectivity index (χ1) is 12.1. The Kier molecular flexibility index (Phi) is 6.89. The number of nitrogens with one attached hydrogen (secondary N) is 3. The molecule has 1 aromatic rings. The fourth-order valence-corrected chi connectivity index (χ4v) is 2.51. The molecule has 0 aromatic heterocycles. The molecule has 0 heterocycles. The highest BCUT2D eigenvalue weighted by atomic mass is 35.5. The molecule has 0 aliphatic heterocycles. The van der Waals surface area contributed by atoms with E-state index in [-0.39, 0.29) is 5.91 Å². The first-order valence-electron chi connectivity index (χ1n) is 8.94. The van der Waals surface area contributed by atoms with Gasteiger partial charge in [0.05, 0.1) is 0 Å². The molecule has 0 bridgehead atoms. The lowest BCUT2D eigenvalue weighted by Crippen LogP contribution is -2.47. The number of carbonyl (C=O) groups excluding carboxylic acids is 2. The van der Waals surface area contributed by atoms with Crippen LogP contribution in [0.4, 0.5) is 10.5 Å². The number of anilines is 1. The van der Waals surface area contributed by atoms with Crippen molar-refractivity contribution in [3.8, 4) is 0 Å². The van der Waals surface area contributed by atoms with Crippen molar-refractivity contribution in [1.29, 1.82) is 0 Å². The van der Waals surface area contributed by atoms with Gasteiger partial charge in [0.15, 0.2) is 0 Å². The summed E-state index contributed by atoms with van der Waals surface area (Å²) in [4.78, 5) is 24.7. The molecule has 1 aliphatic rings. The Bertz CT molecular complexity index is 654. The van der Waals surface area contributed by atoms with Gasteiger partial charge in [0, 0.05) is 16.8 Å². The summed E-state index contributed by atoms with van der Waals surface area (Å²) in [7, 11) is 0. The number of rotatable bonds is 7. The van der Waals surface area contributed by atoms with E-state index in [1.165, 1.54) is 12.8 Å². The van der Waals surface area contributed by atoms with Crippen LogP contribution in [0, 0.1) is 6.92 Å². The molecule has 1 fully saturated rings. The second kappa shape index (κ2) is 8.73. The van der Waals surface area contributed by atoms with Crippen molar-refractivity contribution >= 4 is 29.3 Å². The van der Waals surface area contributed by atoms with E-state index in [9.17, 15) is 9.59 Å². The Hall–Kier alpha value is -1.79. The number of aryl methyl sites for hydroxylation is 1. The van der Waals surface area contributed by atoms with Crippen LogP contribution in [0.3, 0.4) is 0 Å². The van der Waals surface area contributed by atoms with Gasteiger partial charge in [0.25, 0.3) is 0 Å².